The molecule has 2 aliphatic rings. The minimum absolute atomic E-state index is 0. The molecular formula is C25H33ClN2O4. The minimum atomic E-state index is -0.514. The fourth-order valence-corrected chi connectivity index (χ4v) is 5.36. The van der Waals surface area contributed by atoms with E-state index in [4.69, 9.17) is 4.74 Å². The predicted molar refractivity (Wildman–Crippen MR) is 128 cm³/mol. The van der Waals surface area contributed by atoms with Crippen molar-refractivity contribution in [1.82, 2.24) is 9.47 Å². The van der Waals surface area contributed by atoms with Crippen molar-refractivity contribution in [3.8, 4) is 0 Å². The number of hydrogen-bond donors (Lipinski definition) is 0. The van der Waals surface area contributed by atoms with Crippen molar-refractivity contribution in [3.63, 3.8) is 0 Å². The van der Waals surface area contributed by atoms with Crippen molar-refractivity contribution in [2.75, 3.05) is 6.54 Å². The third kappa shape index (κ3) is 4.91. The van der Waals surface area contributed by atoms with E-state index in [-0.39, 0.29) is 41.5 Å². The highest BCUT2D eigenvalue weighted by atomic mass is 35.5. The molecule has 7 heteroatoms. The van der Waals surface area contributed by atoms with E-state index >= 15 is 0 Å². The quantitative estimate of drug-likeness (QED) is 0.568. The molecule has 3 heterocycles. The summed E-state index contributed by atoms with van der Waals surface area (Å²) in [4.78, 5) is 39.9. The van der Waals surface area contributed by atoms with Gasteiger partial charge in [-0.3, -0.25) is 9.69 Å². The summed E-state index contributed by atoms with van der Waals surface area (Å²) in [5.74, 6) is -0.279. The van der Waals surface area contributed by atoms with Gasteiger partial charge >= 0.3 is 5.97 Å². The van der Waals surface area contributed by atoms with Crippen LogP contribution in [0.3, 0.4) is 0 Å². The molecule has 2 bridgehead atoms. The first-order chi connectivity index (χ1) is 14.8. The average Bonchev–Trinajstić information content (AvgIpc) is 2.95. The summed E-state index contributed by atoms with van der Waals surface area (Å²) < 4.78 is 7.55. The SMILES string of the molecule is CC(=O)CCCN1[C@@H]2CC[C@H]1CC(OC(=O)c1cc3ccccc3n(C(C)C)c1=O)C2.Cl. The molecule has 1 aromatic heterocycles. The number of esters is 1. The van der Waals surface area contributed by atoms with Gasteiger partial charge in [0.2, 0.25) is 0 Å². The van der Waals surface area contributed by atoms with E-state index in [1.807, 2.05) is 38.1 Å². The molecule has 1 unspecified atom stereocenters. The third-order valence-electron chi connectivity index (χ3n) is 6.74. The molecule has 0 aliphatic carbocycles. The number of hydrogen-bond acceptors (Lipinski definition) is 5. The lowest BCUT2D eigenvalue weighted by Crippen LogP contribution is -2.46. The zero-order valence-corrected chi connectivity index (χ0v) is 19.9. The summed E-state index contributed by atoms with van der Waals surface area (Å²) in [5, 5.41) is 0.864. The zero-order chi connectivity index (χ0) is 22.1. The van der Waals surface area contributed by atoms with Crippen molar-refractivity contribution in [1.29, 1.82) is 0 Å². The molecule has 3 atom stereocenters. The van der Waals surface area contributed by atoms with Gasteiger partial charge in [0.1, 0.15) is 17.5 Å². The number of piperidine rings is 1. The van der Waals surface area contributed by atoms with Crippen LogP contribution in [0.4, 0.5) is 0 Å². The second-order valence-corrected chi connectivity index (χ2v) is 9.31. The number of para-hydroxylation sites is 1. The molecule has 0 N–H and O–H groups in total. The summed E-state index contributed by atoms with van der Waals surface area (Å²) in [5.41, 5.74) is 0.655. The number of Topliss-reactive ketones (excluding diaryl/α,β-unsaturated/α-hetero) is 1. The van der Waals surface area contributed by atoms with Gasteiger partial charge in [0, 0.05) is 37.4 Å². The molecule has 1 aromatic carbocycles. The van der Waals surface area contributed by atoms with Gasteiger partial charge in [-0.05, 0) is 64.1 Å². The Hall–Kier alpha value is -2.18. The Morgan fingerprint density at radius 2 is 1.78 bits per heavy atom. The van der Waals surface area contributed by atoms with Crippen LogP contribution in [0, 0.1) is 0 Å². The average molecular weight is 461 g/mol. The number of rotatable bonds is 7. The Balaban J connectivity index is 0.00000289. The molecule has 2 aliphatic heterocycles. The van der Waals surface area contributed by atoms with Gasteiger partial charge in [-0.2, -0.15) is 0 Å². The number of benzene rings is 1. The van der Waals surface area contributed by atoms with Gasteiger partial charge in [0.25, 0.3) is 5.56 Å². The van der Waals surface area contributed by atoms with Crippen LogP contribution in [0.5, 0.6) is 0 Å². The van der Waals surface area contributed by atoms with E-state index in [0.29, 0.717) is 18.5 Å². The topological polar surface area (TPSA) is 68.6 Å². The molecule has 174 valence electrons. The largest absolute Gasteiger partial charge is 0.459 e. The number of fused-ring (bicyclic) bond motifs is 3. The van der Waals surface area contributed by atoms with E-state index in [1.165, 1.54) is 0 Å². The van der Waals surface area contributed by atoms with Gasteiger partial charge in [-0.15, -0.1) is 12.4 Å². The van der Waals surface area contributed by atoms with E-state index < -0.39 is 5.97 Å². The first kappa shape index (κ1) is 24.5. The number of aromatic nitrogens is 1. The zero-order valence-electron chi connectivity index (χ0n) is 19.1. The molecular weight excluding hydrogens is 428 g/mol. The Bertz CT molecular complexity index is 1030. The normalized spacial score (nSPS) is 22.7. The summed E-state index contributed by atoms with van der Waals surface area (Å²) >= 11 is 0. The van der Waals surface area contributed by atoms with Crippen LogP contribution in [0.25, 0.3) is 10.9 Å². The lowest BCUT2D eigenvalue weighted by Gasteiger charge is -2.38. The van der Waals surface area contributed by atoms with Crippen LogP contribution in [-0.4, -0.2) is 46.0 Å². The second kappa shape index (κ2) is 10.2. The highest BCUT2D eigenvalue weighted by Crippen LogP contribution is 2.37. The molecule has 0 spiro atoms. The van der Waals surface area contributed by atoms with E-state index in [9.17, 15) is 14.4 Å². The lowest BCUT2D eigenvalue weighted by atomic mass is 9.99. The smallest absolute Gasteiger partial charge is 0.344 e. The Morgan fingerprint density at radius 1 is 1.12 bits per heavy atom. The highest BCUT2D eigenvalue weighted by Gasteiger charge is 2.41. The first-order valence-corrected chi connectivity index (χ1v) is 11.5. The molecule has 32 heavy (non-hydrogen) atoms. The van der Waals surface area contributed by atoms with Crippen LogP contribution in [0.1, 0.15) is 75.7 Å². The third-order valence-corrected chi connectivity index (χ3v) is 6.74. The number of halogens is 1. The minimum Gasteiger partial charge on any atom is -0.459 e. The monoisotopic (exact) mass is 460 g/mol. The van der Waals surface area contributed by atoms with E-state index in [0.717, 1.165) is 49.6 Å². The van der Waals surface area contributed by atoms with Gasteiger partial charge in [-0.25, -0.2) is 4.79 Å². The van der Waals surface area contributed by atoms with Gasteiger partial charge < -0.3 is 14.1 Å². The van der Waals surface area contributed by atoms with Crippen molar-refractivity contribution < 1.29 is 14.3 Å². The molecule has 0 saturated carbocycles. The summed E-state index contributed by atoms with van der Waals surface area (Å²) in [6.45, 7) is 6.46. The summed E-state index contributed by atoms with van der Waals surface area (Å²) in [7, 11) is 0. The Labute approximate surface area is 195 Å². The van der Waals surface area contributed by atoms with Crippen LogP contribution in [0.2, 0.25) is 0 Å². The second-order valence-electron chi connectivity index (χ2n) is 9.31. The first-order valence-electron chi connectivity index (χ1n) is 11.5. The molecule has 2 saturated heterocycles. The van der Waals surface area contributed by atoms with E-state index in [2.05, 4.69) is 4.90 Å². The van der Waals surface area contributed by atoms with Crippen LogP contribution in [0.15, 0.2) is 35.1 Å². The standard InChI is InChI=1S/C25H32N2O4.ClH/c1-16(2)27-23-9-5-4-8-18(23)13-22(24(27)29)25(30)31-21-14-19-10-11-20(15-21)26(19)12-6-7-17(3)28;/h4-5,8-9,13,16,19-21H,6-7,10-12,14-15H2,1-3H3;1H/t19-,20+,21?;. The Kier molecular flexibility index (Phi) is 7.78. The van der Waals surface area contributed by atoms with Crippen molar-refractivity contribution in [2.45, 2.75) is 83.5 Å². The van der Waals surface area contributed by atoms with E-state index in [1.54, 1.807) is 17.6 Å². The maximum atomic E-state index is 13.1. The summed E-state index contributed by atoms with van der Waals surface area (Å²) in [6, 6.07) is 10.0. The van der Waals surface area contributed by atoms with Gasteiger partial charge in [0.15, 0.2) is 0 Å². The molecule has 2 aromatic rings. The van der Waals surface area contributed by atoms with Crippen molar-refractivity contribution >= 4 is 35.1 Å². The number of nitrogens with zero attached hydrogens (tertiary/aromatic N) is 2. The molecule has 6 nitrogen and oxygen atoms in total. The number of carbonyl (C=O) groups is 2. The molecule has 4 rings (SSSR count). The Morgan fingerprint density at radius 3 is 2.41 bits per heavy atom. The number of ether oxygens (including phenoxy) is 1. The summed E-state index contributed by atoms with van der Waals surface area (Å²) in [6.07, 6.45) is 5.16. The fraction of sp³-hybridized carbons (Fsp3) is 0.560. The molecule has 0 amide bonds. The van der Waals surface area contributed by atoms with Crippen LogP contribution >= 0.6 is 12.4 Å². The van der Waals surface area contributed by atoms with Gasteiger partial charge in [0.05, 0.1) is 5.52 Å². The van der Waals surface area contributed by atoms with Gasteiger partial charge in [-0.1, -0.05) is 18.2 Å². The maximum absolute atomic E-state index is 13.1. The molecule has 2 fully saturated rings. The lowest BCUT2D eigenvalue weighted by molar-refractivity contribution is -0.117. The number of pyridine rings is 1. The van der Waals surface area contributed by atoms with Crippen LogP contribution < -0.4 is 5.56 Å². The van der Waals surface area contributed by atoms with Crippen molar-refractivity contribution in [3.05, 3.63) is 46.2 Å². The predicted octanol–water partition coefficient (Wildman–Crippen LogP) is 4.53. The fourth-order valence-electron chi connectivity index (χ4n) is 5.36. The van der Waals surface area contributed by atoms with Crippen molar-refractivity contribution in [2.24, 2.45) is 0 Å². The number of ketones is 1. The highest BCUT2D eigenvalue weighted by molar-refractivity contribution is 5.94. The van der Waals surface area contributed by atoms with Crippen LogP contribution in [-0.2, 0) is 9.53 Å². The molecule has 0 radical (unpaired) electrons. The maximum Gasteiger partial charge on any atom is 0.344 e. The number of carbonyl (C=O) groups excluding carboxylic acids is 2.